The van der Waals surface area contributed by atoms with Crippen molar-refractivity contribution in [1.29, 1.82) is 0 Å². The van der Waals surface area contributed by atoms with Crippen LogP contribution < -0.4 is 4.90 Å². The van der Waals surface area contributed by atoms with Gasteiger partial charge in [-0.2, -0.15) is 0 Å². The van der Waals surface area contributed by atoms with E-state index in [1.54, 1.807) is 13.0 Å². The molecule has 0 aromatic heterocycles. The lowest BCUT2D eigenvalue weighted by atomic mass is 10.1. The zero-order valence-corrected chi connectivity index (χ0v) is 13.6. The average molecular weight is 297 g/mol. The van der Waals surface area contributed by atoms with E-state index in [0.29, 0.717) is 5.57 Å². The SMILES string of the molecule is CC(/C=C/c1ccc(N(C)C)cc1)=C\C=C\C(C)=C\C(=O)O. The molecule has 0 saturated carbocycles. The van der Waals surface area contributed by atoms with Gasteiger partial charge in [-0.05, 0) is 37.1 Å². The van der Waals surface area contributed by atoms with Crippen molar-refractivity contribution >= 4 is 17.7 Å². The van der Waals surface area contributed by atoms with Gasteiger partial charge in [0.05, 0.1) is 0 Å². The van der Waals surface area contributed by atoms with Crippen molar-refractivity contribution in [2.75, 3.05) is 19.0 Å². The van der Waals surface area contributed by atoms with Gasteiger partial charge in [0.1, 0.15) is 0 Å². The Labute approximate surface area is 132 Å². The Morgan fingerprint density at radius 1 is 1.05 bits per heavy atom. The number of hydrogen-bond donors (Lipinski definition) is 1. The van der Waals surface area contributed by atoms with Gasteiger partial charge in [-0.15, -0.1) is 0 Å². The molecule has 22 heavy (non-hydrogen) atoms. The van der Waals surface area contributed by atoms with E-state index in [9.17, 15) is 4.79 Å². The highest BCUT2D eigenvalue weighted by molar-refractivity contribution is 5.81. The second-order valence-corrected chi connectivity index (χ2v) is 5.32. The summed E-state index contributed by atoms with van der Waals surface area (Å²) in [6.07, 6.45) is 10.8. The van der Waals surface area contributed by atoms with Crippen LogP contribution in [0.25, 0.3) is 6.08 Å². The van der Waals surface area contributed by atoms with Gasteiger partial charge >= 0.3 is 5.97 Å². The summed E-state index contributed by atoms with van der Waals surface area (Å²) in [4.78, 5) is 12.6. The first kappa shape index (κ1) is 17.5. The van der Waals surface area contributed by atoms with E-state index in [1.807, 2.05) is 39.2 Å². The van der Waals surface area contributed by atoms with Gasteiger partial charge in [0.2, 0.25) is 0 Å². The number of nitrogens with zero attached hydrogens (tertiary/aromatic N) is 1. The van der Waals surface area contributed by atoms with E-state index in [0.717, 1.165) is 11.1 Å². The number of hydrogen-bond acceptors (Lipinski definition) is 2. The van der Waals surface area contributed by atoms with Gasteiger partial charge < -0.3 is 10.0 Å². The minimum absolute atomic E-state index is 0.708. The van der Waals surface area contributed by atoms with Gasteiger partial charge in [-0.3, -0.25) is 0 Å². The number of rotatable bonds is 6. The van der Waals surface area contributed by atoms with Crippen molar-refractivity contribution in [3.63, 3.8) is 0 Å². The second-order valence-electron chi connectivity index (χ2n) is 5.32. The summed E-state index contributed by atoms with van der Waals surface area (Å²) in [5, 5.41) is 8.62. The zero-order chi connectivity index (χ0) is 16.5. The third-order valence-corrected chi connectivity index (χ3v) is 3.02. The van der Waals surface area contributed by atoms with Crippen molar-refractivity contribution in [3.05, 3.63) is 71.4 Å². The Balaban J connectivity index is 2.67. The van der Waals surface area contributed by atoms with E-state index in [-0.39, 0.29) is 0 Å². The van der Waals surface area contributed by atoms with Crippen LogP contribution in [0.1, 0.15) is 19.4 Å². The number of carboxylic acid groups (broad SMARTS) is 1. The third kappa shape index (κ3) is 6.75. The highest BCUT2D eigenvalue weighted by atomic mass is 16.4. The average Bonchev–Trinajstić information content (AvgIpc) is 2.44. The fraction of sp³-hybridized carbons (Fsp3) is 0.211. The normalized spacial score (nSPS) is 13.1. The van der Waals surface area contributed by atoms with Gasteiger partial charge in [-0.25, -0.2) is 4.79 Å². The number of carbonyl (C=O) groups is 1. The van der Waals surface area contributed by atoms with Crippen LogP contribution in [0.15, 0.2) is 65.8 Å². The summed E-state index contributed by atoms with van der Waals surface area (Å²) < 4.78 is 0. The van der Waals surface area contributed by atoms with E-state index >= 15 is 0 Å². The number of benzene rings is 1. The number of aliphatic carboxylic acids is 1. The van der Waals surface area contributed by atoms with Crippen LogP contribution in [0.5, 0.6) is 0 Å². The molecule has 0 heterocycles. The summed E-state index contributed by atoms with van der Waals surface area (Å²) in [5.41, 5.74) is 4.12. The molecule has 0 unspecified atom stereocenters. The first-order valence-electron chi connectivity index (χ1n) is 7.10. The number of allylic oxidation sites excluding steroid dienone is 6. The molecule has 1 rings (SSSR count). The van der Waals surface area contributed by atoms with Crippen LogP contribution in [0, 0.1) is 0 Å². The van der Waals surface area contributed by atoms with Gasteiger partial charge in [0, 0.05) is 25.9 Å². The predicted molar refractivity (Wildman–Crippen MR) is 94.1 cm³/mol. The molecule has 0 amide bonds. The van der Waals surface area contributed by atoms with Crippen molar-refractivity contribution in [2.45, 2.75) is 13.8 Å². The second kappa shape index (κ2) is 8.67. The molecule has 1 N–H and O–H groups in total. The summed E-state index contributed by atoms with van der Waals surface area (Å²) in [5.74, 6) is -0.927. The maximum absolute atomic E-state index is 10.5. The molecule has 0 saturated heterocycles. The molecule has 1 aromatic rings. The predicted octanol–water partition coefficient (Wildman–Crippen LogP) is 4.30. The number of anilines is 1. The molecule has 0 aliphatic rings. The first-order valence-corrected chi connectivity index (χ1v) is 7.10. The van der Waals surface area contributed by atoms with Crippen LogP contribution >= 0.6 is 0 Å². The lowest BCUT2D eigenvalue weighted by molar-refractivity contribution is -0.131. The van der Waals surface area contributed by atoms with E-state index in [4.69, 9.17) is 5.11 Å². The summed E-state index contributed by atoms with van der Waals surface area (Å²) in [6, 6.07) is 8.32. The standard InChI is InChI=1S/C19H23NO2/c1-15(6-5-7-16(2)14-19(21)22)8-9-17-10-12-18(13-11-17)20(3)4/h5-14H,1-4H3,(H,21,22)/b7-5+,9-8+,15-6+,16-14+. The molecule has 116 valence electrons. The van der Waals surface area contributed by atoms with Gasteiger partial charge in [-0.1, -0.05) is 48.1 Å². The topological polar surface area (TPSA) is 40.5 Å². The molecule has 0 radical (unpaired) electrons. The molecule has 0 aliphatic heterocycles. The maximum atomic E-state index is 10.5. The Bertz CT molecular complexity index is 617. The minimum Gasteiger partial charge on any atom is -0.478 e. The molecule has 0 aliphatic carbocycles. The Kier molecular flexibility index (Phi) is 6.90. The van der Waals surface area contributed by atoms with Crippen molar-refractivity contribution < 1.29 is 9.90 Å². The molecular weight excluding hydrogens is 274 g/mol. The highest BCUT2D eigenvalue weighted by Gasteiger charge is 1.93. The quantitative estimate of drug-likeness (QED) is 0.628. The fourth-order valence-corrected chi connectivity index (χ4v) is 1.76. The first-order chi connectivity index (χ1) is 10.4. The van der Waals surface area contributed by atoms with Gasteiger partial charge in [0.25, 0.3) is 0 Å². The largest absolute Gasteiger partial charge is 0.478 e. The smallest absolute Gasteiger partial charge is 0.328 e. The van der Waals surface area contributed by atoms with E-state index in [1.165, 1.54) is 11.8 Å². The summed E-state index contributed by atoms with van der Waals surface area (Å²) >= 11 is 0. The molecule has 3 nitrogen and oxygen atoms in total. The number of carboxylic acids is 1. The van der Waals surface area contributed by atoms with Crippen LogP contribution in [-0.2, 0) is 4.79 Å². The van der Waals surface area contributed by atoms with Crippen molar-refractivity contribution in [3.8, 4) is 0 Å². The molecule has 0 spiro atoms. The molecular formula is C19H23NO2. The Morgan fingerprint density at radius 2 is 1.68 bits per heavy atom. The van der Waals surface area contributed by atoms with Crippen LogP contribution in [0.2, 0.25) is 0 Å². The maximum Gasteiger partial charge on any atom is 0.328 e. The molecule has 0 fully saturated rings. The minimum atomic E-state index is -0.927. The molecule has 3 heteroatoms. The Morgan fingerprint density at radius 3 is 2.23 bits per heavy atom. The van der Waals surface area contributed by atoms with Crippen molar-refractivity contribution in [2.24, 2.45) is 0 Å². The lowest BCUT2D eigenvalue weighted by Gasteiger charge is -2.11. The van der Waals surface area contributed by atoms with Crippen LogP contribution in [0.4, 0.5) is 5.69 Å². The zero-order valence-electron chi connectivity index (χ0n) is 13.6. The lowest BCUT2D eigenvalue weighted by Crippen LogP contribution is -2.07. The Hall–Kier alpha value is -2.55. The summed E-state index contributed by atoms with van der Waals surface area (Å²) in [7, 11) is 4.04. The van der Waals surface area contributed by atoms with E-state index in [2.05, 4.69) is 35.2 Å². The van der Waals surface area contributed by atoms with Crippen molar-refractivity contribution in [1.82, 2.24) is 0 Å². The molecule has 0 atom stereocenters. The third-order valence-electron chi connectivity index (χ3n) is 3.02. The fourth-order valence-electron chi connectivity index (χ4n) is 1.76. The van der Waals surface area contributed by atoms with Crippen LogP contribution in [0.3, 0.4) is 0 Å². The molecule has 0 bridgehead atoms. The van der Waals surface area contributed by atoms with Crippen LogP contribution in [-0.4, -0.2) is 25.2 Å². The molecule has 1 aromatic carbocycles. The monoisotopic (exact) mass is 297 g/mol. The highest BCUT2D eigenvalue weighted by Crippen LogP contribution is 2.13. The van der Waals surface area contributed by atoms with Gasteiger partial charge in [0.15, 0.2) is 0 Å². The summed E-state index contributed by atoms with van der Waals surface area (Å²) in [6.45, 7) is 3.77. The van der Waals surface area contributed by atoms with E-state index < -0.39 is 5.97 Å².